The van der Waals surface area contributed by atoms with E-state index in [1.165, 1.54) is 17.5 Å². The molecule has 0 saturated heterocycles. The number of fused-ring (bicyclic) bond motifs is 1. The van der Waals surface area contributed by atoms with Crippen LogP contribution >= 0.6 is 11.6 Å². The lowest BCUT2D eigenvalue weighted by molar-refractivity contribution is 0.116. The van der Waals surface area contributed by atoms with Gasteiger partial charge in [-0.2, -0.15) is 0 Å². The van der Waals surface area contributed by atoms with Crippen molar-refractivity contribution in [2.45, 2.75) is 57.5 Å². The van der Waals surface area contributed by atoms with E-state index in [1.807, 2.05) is 12.1 Å². The number of halogens is 1. The first-order valence-electron chi connectivity index (χ1n) is 8.91. The summed E-state index contributed by atoms with van der Waals surface area (Å²) in [5.41, 5.74) is 4.13. The Morgan fingerprint density at radius 2 is 1.56 bits per heavy atom. The lowest BCUT2D eigenvalue weighted by Gasteiger charge is -2.42. The van der Waals surface area contributed by atoms with Gasteiger partial charge < -0.3 is 9.84 Å². The maximum Gasteiger partial charge on any atom is 0.147 e. The monoisotopic (exact) mass is 358 g/mol. The summed E-state index contributed by atoms with van der Waals surface area (Å²) < 4.78 is 6.01. The molecule has 0 unspecified atom stereocenters. The highest BCUT2D eigenvalue weighted by Gasteiger charge is 2.37. The first kappa shape index (κ1) is 18.3. The standard InChI is InChI=1S/C22H27ClO2/c1-21(2)11-12-22(3,4)19-13-15(5-10-18(19)21)20(14-24)25-17-8-6-16(23)7-9-17/h5-10,13,20,24H,11-12,14H2,1-4H3/t20-/m0/s1. The zero-order valence-electron chi connectivity index (χ0n) is 15.5. The third-order valence-electron chi connectivity index (χ3n) is 5.51. The van der Waals surface area contributed by atoms with E-state index in [4.69, 9.17) is 16.3 Å². The normalized spacial score (nSPS) is 19.1. The van der Waals surface area contributed by atoms with E-state index in [1.54, 1.807) is 12.1 Å². The van der Waals surface area contributed by atoms with Gasteiger partial charge >= 0.3 is 0 Å². The Hall–Kier alpha value is -1.51. The molecule has 1 aliphatic rings. The maximum absolute atomic E-state index is 9.88. The first-order chi connectivity index (χ1) is 11.7. The Kier molecular flexibility index (Phi) is 4.87. The van der Waals surface area contributed by atoms with E-state index in [0.29, 0.717) is 10.8 Å². The highest BCUT2D eigenvalue weighted by molar-refractivity contribution is 6.30. The van der Waals surface area contributed by atoms with Gasteiger partial charge in [-0.1, -0.05) is 57.5 Å². The van der Waals surface area contributed by atoms with E-state index in [2.05, 4.69) is 45.9 Å². The minimum Gasteiger partial charge on any atom is -0.483 e. The SMILES string of the molecule is CC1(C)CCC(C)(C)c2cc([C@H](CO)Oc3ccc(Cl)cc3)ccc21. The van der Waals surface area contributed by atoms with Gasteiger partial charge in [0, 0.05) is 5.02 Å². The molecule has 2 aromatic carbocycles. The van der Waals surface area contributed by atoms with Gasteiger partial charge in [-0.15, -0.1) is 0 Å². The van der Waals surface area contributed by atoms with E-state index < -0.39 is 0 Å². The van der Waals surface area contributed by atoms with E-state index >= 15 is 0 Å². The molecule has 0 aromatic heterocycles. The Balaban J connectivity index is 1.95. The number of aliphatic hydroxyl groups excluding tert-OH is 1. The third-order valence-corrected chi connectivity index (χ3v) is 5.76. The van der Waals surface area contributed by atoms with Crippen molar-refractivity contribution >= 4 is 11.6 Å². The van der Waals surface area contributed by atoms with Crippen LogP contribution in [0, 0.1) is 0 Å². The Bertz CT molecular complexity index is 747. The second-order valence-corrected chi connectivity index (χ2v) is 8.75. The number of benzene rings is 2. The van der Waals surface area contributed by atoms with Crippen LogP contribution in [0.2, 0.25) is 5.02 Å². The highest BCUT2D eigenvalue weighted by atomic mass is 35.5. The fraction of sp³-hybridized carbons (Fsp3) is 0.455. The van der Waals surface area contributed by atoms with Crippen molar-refractivity contribution in [1.82, 2.24) is 0 Å². The van der Waals surface area contributed by atoms with Gasteiger partial charge in [-0.3, -0.25) is 0 Å². The fourth-order valence-corrected chi connectivity index (χ4v) is 3.82. The van der Waals surface area contributed by atoms with Crippen LogP contribution in [0.4, 0.5) is 0 Å². The zero-order valence-corrected chi connectivity index (χ0v) is 16.2. The average molecular weight is 359 g/mol. The Morgan fingerprint density at radius 3 is 2.16 bits per heavy atom. The molecule has 0 heterocycles. The van der Waals surface area contributed by atoms with Crippen molar-refractivity contribution in [2.24, 2.45) is 0 Å². The van der Waals surface area contributed by atoms with Crippen molar-refractivity contribution in [1.29, 1.82) is 0 Å². The van der Waals surface area contributed by atoms with Crippen molar-refractivity contribution < 1.29 is 9.84 Å². The molecule has 1 N–H and O–H groups in total. The number of hydrogen-bond donors (Lipinski definition) is 1. The summed E-state index contributed by atoms with van der Waals surface area (Å²) in [7, 11) is 0. The third kappa shape index (κ3) is 3.70. The quantitative estimate of drug-likeness (QED) is 0.748. The van der Waals surface area contributed by atoms with Crippen LogP contribution in [0.3, 0.4) is 0 Å². The number of aliphatic hydroxyl groups is 1. The second-order valence-electron chi connectivity index (χ2n) is 8.32. The van der Waals surface area contributed by atoms with Crippen LogP contribution in [0.25, 0.3) is 0 Å². The maximum atomic E-state index is 9.88. The molecule has 1 aliphatic carbocycles. The summed E-state index contributed by atoms with van der Waals surface area (Å²) in [6.07, 6.45) is 1.97. The van der Waals surface area contributed by atoms with Crippen LogP contribution in [0.15, 0.2) is 42.5 Å². The van der Waals surface area contributed by atoms with Gasteiger partial charge in [-0.25, -0.2) is 0 Å². The van der Waals surface area contributed by atoms with Gasteiger partial charge in [0.15, 0.2) is 0 Å². The molecule has 3 rings (SSSR count). The fourth-order valence-electron chi connectivity index (χ4n) is 3.69. The Labute approximate surface area is 155 Å². The molecule has 0 fully saturated rings. The van der Waals surface area contributed by atoms with Crippen molar-refractivity contribution in [3.8, 4) is 5.75 Å². The van der Waals surface area contributed by atoms with Gasteiger partial charge in [-0.05, 0) is 64.6 Å². The van der Waals surface area contributed by atoms with Gasteiger partial charge in [0.25, 0.3) is 0 Å². The molecule has 0 spiro atoms. The average Bonchev–Trinajstić information content (AvgIpc) is 2.58. The topological polar surface area (TPSA) is 29.5 Å². The molecule has 2 aromatic rings. The van der Waals surface area contributed by atoms with E-state index in [0.717, 1.165) is 12.0 Å². The summed E-state index contributed by atoms with van der Waals surface area (Å²) >= 11 is 5.93. The Morgan fingerprint density at radius 1 is 0.960 bits per heavy atom. The van der Waals surface area contributed by atoms with Crippen LogP contribution in [0.1, 0.15) is 63.3 Å². The molecule has 3 heteroatoms. The van der Waals surface area contributed by atoms with Crippen molar-refractivity contribution in [2.75, 3.05) is 6.61 Å². The molecule has 0 radical (unpaired) electrons. The molecule has 134 valence electrons. The molecule has 0 saturated carbocycles. The van der Waals surface area contributed by atoms with Gasteiger partial charge in [0.05, 0.1) is 6.61 Å². The van der Waals surface area contributed by atoms with Crippen LogP contribution in [-0.4, -0.2) is 11.7 Å². The highest BCUT2D eigenvalue weighted by Crippen LogP contribution is 2.46. The first-order valence-corrected chi connectivity index (χ1v) is 9.29. The molecule has 1 atom stereocenters. The van der Waals surface area contributed by atoms with Crippen LogP contribution in [0.5, 0.6) is 5.75 Å². The minimum atomic E-state index is -0.382. The predicted molar refractivity (Wildman–Crippen MR) is 104 cm³/mol. The molecule has 2 nitrogen and oxygen atoms in total. The van der Waals surface area contributed by atoms with E-state index in [9.17, 15) is 5.11 Å². The lowest BCUT2D eigenvalue weighted by atomic mass is 9.63. The zero-order chi connectivity index (χ0) is 18.2. The van der Waals surface area contributed by atoms with Crippen LogP contribution in [-0.2, 0) is 10.8 Å². The molecule has 0 aliphatic heterocycles. The number of hydrogen-bond acceptors (Lipinski definition) is 2. The summed E-state index contributed by atoms with van der Waals surface area (Å²) in [6.45, 7) is 9.17. The minimum absolute atomic E-state index is 0.0643. The molecular weight excluding hydrogens is 332 g/mol. The summed E-state index contributed by atoms with van der Waals surface area (Å²) in [4.78, 5) is 0. The number of ether oxygens (including phenoxy) is 1. The summed E-state index contributed by atoms with van der Waals surface area (Å²) in [6, 6.07) is 13.8. The molecule has 0 bridgehead atoms. The largest absolute Gasteiger partial charge is 0.483 e. The van der Waals surface area contributed by atoms with Crippen molar-refractivity contribution in [3.05, 3.63) is 64.2 Å². The van der Waals surface area contributed by atoms with E-state index in [-0.39, 0.29) is 23.5 Å². The summed E-state index contributed by atoms with van der Waals surface area (Å²) in [5, 5.41) is 10.6. The summed E-state index contributed by atoms with van der Waals surface area (Å²) in [5.74, 6) is 0.709. The smallest absolute Gasteiger partial charge is 0.147 e. The van der Waals surface area contributed by atoms with Crippen LogP contribution < -0.4 is 4.74 Å². The lowest BCUT2D eigenvalue weighted by Crippen LogP contribution is -2.34. The van der Waals surface area contributed by atoms with Gasteiger partial charge in [0.1, 0.15) is 11.9 Å². The molecule has 0 amide bonds. The predicted octanol–water partition coefficient (Wildman–Crippen LogP) is 5.80. The van der Waals surface area contributed by atoms with Gasteiger partial charge in [0.2, 0.25) is 0 Å². The molecular formula is C22H27ClO2. The number of rotatable bonds is 4. The molecule has 25 heavy (non-hydrogen) atoms. The van der Waals surface area contributed by atoms with Crippen molar-refractivity contribution in [3.63, 3.8) is 0 Å². The second kappa shape index (κ2) is 6.66.